The Labute approximate surface area is 176 Å². The van der Waals surface area contributed by atoms with Gasteiger partial charge in [0, 0.05) is 38.5 Å². The van der Waals surface area contributed by atoms with Crippen LogP contribution >= 0.6 is 0 Å². The molecular formula is C24H24N4O2. The van der Waals surface area contributed by atoms with Gasteiger partial charge < -0.3 is 9.80 Å². The third-order valence-corrected chi connectivity index (χ3v) is 5.34. The summed E-state index contributed by atoms with van der Waals surface area (Å²) in [5, 5.41) is 4.40. The summed E-state index contributed by atoms with van der Waals surface area (Å²) in [6.07, 6.45) is 7.62. The van der Waals surface area contributed by atoms with E-state index in [2.05, 4.69) is 5.10 Å². The highest BCUT2D eigenvalue weighted by atomic mass is 16.2. The first-order valence-corrected chi connectivity index (χ1v) is 9.92. The Bertz CT molecular complexity index is 1090. The van der Waals surface area contributed by atoms with Crippen LogP contribution in [0.2, 0.25) is 0 Å². The molecule has 2 aromatic carbocycles. The molecule has 1 atom stereocenters. The van der Waals surface area contributed by atoms with Gasteiger partial charge >= 0.3 is 0 Å². The van der Waals surface area contributed by atoms with Gasteiger partial charge in [-0.05, 0) is 29.3 Å². The van der Waals surface area contributed by atoms with Crippen molar-refractivity contribution in [1.82, 2.24) is 19.6 Å². The first-order valence-electron chi connectivity index (χ1n) is 9.92. The molecule has 0 bridgehead atoms. The number of carbonyl (C=O) groups is 2. The van der Waals surface area contributed by atoms with Crippen LogP contribution in [0.1, 0.15) is 36.1 Å². The molecule has 2 amide bonds. The molecule has 3 aromatic rings. The van der Waals surface area contributed by atoms with E-state index in [-0.39, 0.29) is 24.3 Å². The Balaban J connectivity index is 1.47. The number of carbonyl (C=O) groups excluding carboxylic acids is 2. The first-order chi connectivity index (χ1) is 14.5. The number of fused-ring (bicyclic) bond motifs is 1. The van der Waals surface area contributed by atoms with E-state index in [1.165, 1.54) is 6.92 Å². The third kappa shape index (κ3) is 4.03. The second-order valence-corrected chi connectivity index (χ2v) is 7.47. The molecule has 1 aliphatic heterocycles. The molecule has 1 unspecified atom stereocenters. The SMILES string of the molecule is CC(=O)N1C=Cc2ccccc2C1CC(=O)N(C)Cc1cnn(-c2ccccc2)c1. The molecule has 2 heterocycles. The van der Waals surface area contributed by atoms with Crippen LogP contribution in [-0.4, -0.2) is 38.4 Å². The minimum absolute atomic E-state index is 0.0242. The highest BCUT2D eigenvalue weighted by Gasteiger charge is 2.29. The van der Waals surface area contributed by atoms with Crippen molar-refractivity contribution in [3.63, 3.8) is 0 Å². The zero-order valence-electron chi connectivity index (χ0n) is 17.1. The van der Waals surface area contributed by atoms with Crippen LogP contribution in [0.25, 0.3) is 11.8 Å². The largest absolute Gasteiger partial charge is 0.341 e. The highest BCUT2D eigenvalue weighted by Crippen LogP contribution is 2.33. The Hall–Kier alpha value is -3.67. The number of benzene rings is 2. The number of hydrogen-bond acceptors (Lipinski definition) is 3. The average molecular weight is 400 g/mol. The van der Waals surface area contributed by atoms with Crippen molar-refractivity contribution in [1.29, 1.82) is 0 Å². The predicted octanol–water partition coefficient (Wildman–Crippen LogP) is 3.79. The van der Waals surface area contributed by atoms with E-state index in [1.807, 2.05) is 66.9 Å². The molecule has 30 heavy (non-hydrogen) atoms. The Kier molecular flexibility index (Phi) is 5.48. The average Bonchev–Trinajstić information content (AvgIpc) is 3.22. The van der Waals surface area contributed by atoms with Crippen molar-refractivity contribution < 1.29 is 9.59 Å². The van der Waals surface area contributed by atoms with Crippen LogP contribution in [0.4, 0.5) is 0 Å². The van der Waals surface area contributed by atoms with Crippen molar-refractivity contribution in [3.8, 4) is 5.69 Å². The molecule has 0 N–H and O–H groups in total. The Morgan fingerprint density at radius 2 is 1.80 bits per heavy atom. The summed E-state index contributed by atoms with van der Waals surface area (Å²) >= 11 is 0. The molecule has 0 spiro atoms. The number of nitrogens with zero attached hydrogens (tertiary/aromatic N) is 4. The molecule has 4 rings (SSSR count). The van der Waals surface area contributed by atoms with Gasteiger partial charge in [-0.2, -0.15) is 5.10 Å². The second kappa shape index (κ2) is 8.37. The lowest BCUT2D eigenvalue weighted by Crippen LogP contribution is -2.35. The maximum Gasteiger partial charge on any atom is 0.225 e. The predicted molar refractivity (Wildman–Crippen MR) is 115 cm³/mol. The lowest BCUT2D eigenvalue weighted by Gasteiger charge is -2.33. The summed E-state index contributed by atoms with van der Waals surface area (Å²) in [7, 11) is 1.78. The monoisotopic (exact) mass is 400 g/mol. The number of amides is 2. The standard InChI is InChI=1S/C24H24N4O2/c1-18(29)27-13-12-20-8-6-7-11-22(20)23(27)14-24(30)26(2)16-19-15-25-28(17-19)21-9-4-3-5-10-21/h3-13,15,17,23H,14,16H2,1-2H3. The number of aromatic nitrogens is 2. The van der Waals surface area contributed by atoms with E-state index in [9.17, 15) is 9.59 Å². The molecule has 0 aliphatic carbocycles. The quantitative estimate of drug-likeness (QED) is 0.655. The normalized spacial score (nSPS) is 15.0. The van der Waals surface area contributed by atoms with E-state index in [4.69, 9.17) is 0 Å². The molecule has 1 aromatic heterocycles. The fourth-order valence-corrected chi connectivity index (χ4v) is 3.76. The van der Waals surface area contributed by atoms with Crippen molar-refractivity contribution in [3.05, 3.63) is 89.9 Å². The van der Waals surface area contributed by atoms with Gasteiger partial charge in [-0.25, -0.2) is 4.68 Å². The van der Waals surface area contributed by atoms with E-state index in [0.29, 0.717) is 6.54 Å². The lowest BCUT2D eigenvalue weighted by molar-refractivity contribution is -0.134. The molecule has 0 saturated carbocycles. The number of para-hydroxylation sites is 1. The zero-order chi connectivity index (χ0) is 21.1. The summed E-state index contributed by atoms with van der Waals surface area (Å²) < 4.78 is 1.80. The summed E-state index contributed by atoms with van der Waals surface area (Å²) in [6.45, 7) is 1.98. The first kappa shape index (κ1) is 19.6. The van der Waals surface area contributed by atoms with E-state index in [1.54, 1.807) is 33.9 Å². The van der Waals surface area contributed by atoms with Crippen molar-refractivity contribution in [2.75, 3.05) is 7.05 Å². The summed E-state index contributed by atoms with van der Waals surface area (Å²) in [6, 6.07) is 17.4. The van der Waals surface area contributed by atoms with E-state index < -0.39 is 0 Å². The molecular weight excluding hydrogens is 376 g/mol. The minimum Gasteiger partial charge on any atom is -0.341 e. The number of hydrogen-bond donors (Lipinski definition) is 0. The summed E-state index contributed by atoms with van der Waals surface area (Å²) in [5.74, 6) is -0.103. The summed E-state index contributed by atoms with van der Waals surface area (Å²) in [4.78, 5) is 28.5. The topological polar surface area (TPSA) is 58.4 Å². The molecule has 0 fully saturated rings. The molecule has 0 radical (unpaired) electrons. The van der Waals surface area contributed by atoms with Gasteiger partial charge in [0.1, 0.15) is 0 Å². The van der Waals surface area contributed by atoms with Gasteiger partial charge in [0.15, 0.2) is 0 Å². The van der Waals surface area contributed by atoms with Crippen LogP contribution in [0.3, 0.4) is 0 Å². The van der Waals surface area contributed by atoms with Crippen molar-refractivity contribution in [2.24, 2.45) is 0 Å². The van der Waals surface area contributed by atoms with Gasteiger partial charge in [0.2, 0.25) is 11.8 Å². The van der Waals surface area contributed by atoms with Crippen LogP contribution in [0, 0.1) is 0 Å². The minimum atomic E-state index is -0.300. The van der Waals surface area contributed by atoms with Gasteiger partial charge in [0.25, 0.3) is 0 Å². The number of rotatable bonds is 5. The zero-order valence-corrected chi connectivity index (χ0v) is 17.1. The molecule has 152 valence electrons. The molecule has 1 aliphatic rings. The molecule has 6 heteroatoms. The van der Waals surface area contributed by atoms with Gasteiger partial charge in [0.05, 0.1) is 24.3 Å². The van der Waals surface area contributed by atoms with Gasteiger partial charge in [-0.1, -0.05) is 42.5 Å². The molecule has 0 saturated heterocycles. The van der Waals surface area contributed by atoms with Crippen molar-refractivity contribution >= 4 is 17.9 Å². The maximum atomic E-state index is 13.0. The highest BCUT2D eigenvalue weighted by molar-refractivity contribution is 5.81. The Morgan fingerprint density at radius 3 is 2.57 bits per heavy atom. The maximum absolute atomic E-state index is 13.0. The van der Waals surface area contributed by atoms with Gasteiger partial charge in [-0.15, -0.1) is 0 Å². The van der Waals surface area contributed by atoms with Gasteiger partial charge in [-0.3, -0.25) is 9.59 Å². The van der Waals surface area contributed by atoms with Crippen LogP contribution in [0.5, 0.6) is 0 Å². The summed E-state index contributed by atoms with van der Waals surface area (Å²) in [5.41, 5.74) is 3.95. The fraction of sp³-hybridized carbons (Fsp3) is 0.208. The van der Waals surface area contributed by atoms with Crippen LogP contribution in [0.15, 0.2) is 73.2 Å². The van der Waals surface area contributed by atoms with Crippen molar-refractivity contribution in [2.45, 2.75) is 25.9 Å². The lowest BCUT2D eigenvalue weighted by atomic mass is 9.93. The second-order valence-electron chi connectivity index (χ2n) is 7.47. The van der Waals surface area contributed by atoms with Crippen LogP contribution in [-0.2, 0) is 16.1 Å². The van der Waals surface area contributed by atoms with E-state index >= 15 is 0 Å². The third-order valence-electron chi connectivity index (χ3n) is 5.34. The molecule has 6 nitrogen and oxygen atoms in total. The fourth-order valence-electron chi connectivity index (χ4n) is 3.76. The Morgan fingerprint density at radius 1 is 1.07 bits per heavy atom. The van der Waals surface area contributed by atoms with Crippen LogP contribution < -0.4 is 0 Å². The smallest absolute Gasteiger partial charge is 0.225 e. The van der Waals surface area contributed by atoms with E-state index in [0.717, 1.165) is 22.4 Å².